The summed E-state index contributed by atoms with van der Waals surface area (Å²) in [6.07, 6.45) is 4.35. The van der Waals surface area contributed by atoms with Crippen molar-refractivity contribution in [1.82, 2.24) is 15.3 Å². The van der Waals surface area contributed by atoms with Gasteiger partial charge >= 0.3 is 0 Å². The minimum Gasteiger partial charge on any atom is -0.398 e. The summed E-state index contributed by atoms with van der Waals surface area (Å²) in [5.41, 5.74) is 16.8. The Hall–Kier alpha value is -1.76. The third kappa shape index (κ3) is 3.54. The van der Waals surface area contributed by atoms with Crippen LogP contribution in [0.25, 0.3) is 11.4 Å². The zero-order valence-corrected chi connectivity index (χ0v) is 16.5. The summed E-state index contributed by atoms with van der Waals surface area (Å²) in [6, 6.07) is 6.09. The predicted octanol–water partition coefficient (Wildman–Crippen LogP) is 2.44. The van der Waals surface area contributed by atoms with Gasteiger partial charge in [0.25, 0.3) is 0 Å². The number of benzene rings is 1. The minimum atomic E-state index is 0. The van der Waals surface area contributed by atoms with Crippen molar-refractivity contribution in [2.75, 3.05) is 36.5 Å². The van der Waals surface area contributed by atoms with Gasteiger partial charge in [0.15, 0.2) is 5.82 Å². The molecule has 0 bridgehead atoms. The Morgan fingerprint density at radius 2 is 1.85 bits per heavy atom. The molecular weight excluding hydrogens is 371 g/mol. The molecular formula is C18H26Cl2N6. The van der Waals surface area contributed by atoms with Gasteiger partial charge in [-0.25, -0.2) is 9.97 Å². The first-order chi connectivity index (χ1) is 11.7. The van der Waals surface area contributed by atoms with Crippen molar-refractivity contribution in [2.45, 2.75) is 31.7 Å². The standard InChI is InChI=1S/C18H24N6.2ClH/c1-21-11-8-9-24(10-11)18-12-4-2-7-15(12)22-17(23-18)16-13(19)5-3-6-14(16)20;;/h3,5-6,11,21H,2,4,7-10,19-20H2,1H3;2*1H. The number of nitrogens with two attached hydrogens (primary N) is 2. The van der Waals surface area contributed by atoms with Gasteiger partial charge in [-0.2, -0.15) is 0 Å². The second-order valence-corrected chi connectivity index (χ2v) is 6.68. The Morgan fingerprint density at radius 1 is 1.12 bits per heavy atom. The number of rotatable bonds is 3. The predicted molar refractivity (Wildman–Crippen MR) is 112 cm³/mol. The molecule has 1 unspecified atom stereocenters. The van der Waals surface area contributed by atoms with E-state index in [-0.39, 0.29) is 24.8 Å². The van der Waals surface area contributed by atoms with Crippen molar-refractivity contribution in [3.8, 4) is 11.4 Å². The molecule has 2 heterocycles. The van der Waals surface area contributed by atoms with E-state index in [1.54, 1.807) is 0 Å². The third-order valence-corrected chi connectivity index (χ3v) is 5.16. The summed E-state index contributed by atoms with van der Waals surface area (Å²) in [6.45, 7) is 2.01. The number of hydrogen-bond donors (Lipinski definition) is 3. The topological polar surface area (TPSA) is 93.1 Å². The molecule has 1 atom stereocenters. The first-order valence-corrected chi connectivity index (χ1v) is 8.63. The van der Waals surface area contributed by atoms with Crippen LogP contribution in [0.5, 0.6) is 0 Å². The fourth-order valence-corrected chi connectivity index (χ4v) is 3.82. The van der Waals surface area contributed by atoms with Crippen molar-refractivity contribution in [3.63, 3.8) is 0 Å². The van der Waals surface area contributed by atoms with Gasteiger partial charge in [0.05, 0.1) is 5.56 Å². The Balaban J connectivity index is 0.00000121. The van der Waals surface area contributed by atoms with E-state index < -0.39 is 0 Å². The van der Waals surface area contributed by atoms with Gasteiger partial charge < -0.3 is 21.7 Å². The zero-order chi connectivity index (χ0) is 16.7. The van der Waals surface area contributed by atoms with Gasteiger partial charge in [0.2, 0.25) is 0 Å². The van der Waals surface area contributed by atoms with Gasteiger partial charge in [0, 0.05) is 41.8 Å². The lowest BCUT2D eigenvalue weighted by molar-refractivity contribution is 0.616. The zero-order valence-electron chi connectivity index (χ0n) is 14.9. The van der Waals surface area contributed by atoms with Crippen LogP contribution >= 0.6 is 24.8 Å². The van der Waals surface area contributed by atoms with Gasteiger partial charge in [0.1, 0.15) is 5.82 Å². The average molecular weight is 397 g/mol. The normalized spacial score (nSPS) is 18.2. The first kappa shape index (κ1) is 20.6. The quantitative estimate of drug-likeness (QED) is 0.689. The maximum Gasteiger partial charge on any atom is 0.165 e. The maximum atomic E-state index is 6.16. The first-order valence-electron chi connectivity index (χ1n) is 8.63. The maximum absolute atomic E-state index is 6.16. The number of hydrogen-bond acceptors (Lipinski definition) is 6. The summed E-state index contributed by atoms with van der Waals surface area (Å²) in [5.74, 6) is 1.74. The SMILES string of the molecule is CNC1CCN(c2nc(-c3c(N)cccc3N)nc3c2CCC3)C1.Cl.Cl. The molecule has 1 aromatic heterocycles. The number of fused-ring (bicyclic) bond motifs is 1. The highest BCUT2D eigenvalue weighted by atomic mass is 35.5. The minimum absolute atomic E-state index is 0. The van der Waals surface area contributed by atoms with E-state index in [9.17, 15) is 0 Å². The molecule has 26 heavy (non-hydrogen) atoms. The van der Waals surface area contributed by atoms with Crippen LogP contribution < -0.4 is 21.7 Å². The van der Waals surface area contributed by atoms with E-state index in [1.165, 1.54) is 5.56 Å². The third-order valence-electron chi connectivity index (χ3n) is 5.16. The van der Waals surface area contributed by atoms with Crippen LogP contribution in [0, 0.1) is 0 Å². The molecule has 2 aliphatic rings. The summed E-state index contributed by atoms with van der Waals surface area (Å²) in [4.78, 5) is 12.1. The van der Waals surface area contributed by atoms with E-state index in [0.717, 1.165) is 55.8 Å². The molecule has 1 aliphatic carbocycles. The second kappa shape index (κ2) is 8.29. The largest absolute Gasteiger partial charge is 0.398 e. The van der Waals surface area contributed by atoms with Crippen LogP contribution in [-0.4, -0.2) is 36.1 Å². The summed E-state index contributed by atoms with van der Waals surface area (Å²) in [5, 5.41) is 3.37. The van der Waals surface area contributed by atoms with Crippen LogP contribution in [0.3, 0.4) is 0 Å². The van der Waals surface area contributed by atoms with E-state index in [2.05, 4.69) is 10.2 Å². The number of aromatic nitrogens is 2. The van der Waals surface area contributed by atoms with Crippen molar-refractivity contribution in [3.05, 3.63) is 29.5 Å². The Morgan fingerprint density at radius 3 is 2.50 bits per heavy atom. The summed E-state index contributed by atoms with van der Waals surface area (Å²) in [7, 11) is 2.02. The van der Waals surface area contributed by atoms with Gasteiger partial charge in [-0.3, -0.25) is 0 Å². The molecule has 0 radical (unpaired) electrons. The smallest absolute Gasteiger partial charge is 0.165 e. The van der Waals surface area contributed by atoms with Gasteiger partial charge in [-0.1, -0.05) is 6.07 Å². The van der Waals surface area contributed by atoms with E-state index in [1.807, 2.05) is 25.2 Å². The second-order valence-electron chi connectivity index (χ2n) is 6.68. The molecule has 142 valence electrons. The molecule has 0 saturated carbocycles. The molecule has 1 aromatic carbocycles. The Kier molecular flexibility index (Phi) is 6.55. The monoisotopic (exact) mass is 396 g/mol. The molecule has 6 nitrogen and oxygen atoms in total. The van der Waals surface area contributed by atoms with Crippen molar-refractivity contribution in [1.29, 1.82) is 0 Å². The lowest BCUT2D eigenvalue weighted by Gasteiger charge is -2.22. The fourth-order valence-electron chi connectivity index (χ4n) is 3.82. The molecule has 1 aliphatic heterocycles. The molecule has 2 aromatic rings. The highest BCUT2D eigenvalue weighted by Gasteiger charge is 2.28. The van der Waals surface area contributed by atoms with Crippen LogP contribution in [0.15, 0.2) is 18.2 Å². The Bertz CT molecular complexity index is 762. The summed E-state index contributed by atoms with van der Waals surface area (Å²) >= 11 is 0. The van der Waals surface area contributed by atoms with E-state index in [4.69, 9.17) is 21.4 Å². The number of likely N-dealkylation sites (N-methyl/N-ethyl adjacent to an activating group) is 1. The number of anilines is 3. The van der Waals surface area contributed by atoms with Gasteiger partial charge in [-0.05, 0) is 44.9 Å². The van der Waals surface area contributed by atoms with Crippen molar-refractivity contribution in [2.24, 2.45) is 0 Å². The highest BCUT2D eigenvalue weighted by Crippen LogP contribution is 2.36. The molecule has 0 spiro atoms. The highest BCUT2D eigenvalue weighted by molar-refractivity contribution is 5.86. The van der Waals surface area contributed by atoms with Crippen molar-refractivity contribution < 1.29 is 0 Å². The molecule has 0 amide bonds. The fraction of sp³-hybridized carbons (Fsp3) is 0.444. The van der Waals surface area contributed by atoms with E-state index in [0.29, 0.717) is 23.2 Å². The van der Waals surface area contributed by atoms with E-state index >= 15 is 0 Å². The van der Waals surface area contributed by atoms with Crippen LogP contribution in [0.4, 0.5) is 17.2 Å². The van der Waals surface area contributed by atoms with Crippen LogP contribution in [-0.2, 0) is 12.8 Å². The Labute approximate surface area is 166 Å². The number of aryl methyl sites for hydroxylation is 1. The molecule has 4 rings (SSSR count). The number of nitrogens with zero attached hydrogens (tertiary/aromatic N) is 3. The lowest BCUT2D eigenvalue weighted by atomic mass is 10.1. The average Bonchev–Trinajstić information content (AvgIpc) is 3.23. The molecule has 1 saturated heterocycles. The van der Waals surface area contributed by atoms with Crippen LogP contribution in [0.2, 0.25) is 0 Å². The molecule has 1 fully saturated rings. The van der Waals surface area contributed by atoms with Crippen molar-refractivity contribution >= 4 is 42.0 Å². The lowest BCUT2D eigenvalue weighted by Crippen LogP contribution is -2.30. The number of halogens is 2. The number of nitrogens with one attached hydrogen (secondary N) is 1. The number of nitrogen functional groups attached to an aromatic ring is 2. The molecule has 5 N–H and O–H groups in total. The summed E-state index contributed by atoms with van der Waals surface area (Å²) < 4.78 is 0. The van der Waals surface area contributed by atoms with Crippen LogP contribution in [0.1, 0.15) is 24.1 Å². The van der Waals surface area contributed by atoms with Gasteiger partial charge in [-0.15, -0.1) is 24.8 Å². The molecule has 8 heteroatoms.